The molecule has 0 heterocycles. The maximum absolute atomic E-state index is 12.4. The summed E-state index contributed by atoms with van der Waals surface area (Å²) in [5.74, 6) is -1.14. The van der Waals surface area contributed by atoms with Gasteiger partial charge in [-0.1, -0.05) is 17.7 Å². The predicted octanol–water partition coefficient (Wildman–Crippen LogP) is 3.71. The average molecular weight is 476 g/mol. The van der Waals surface area contributed by atoms with E-state index in [0.717, 1.165) is 5.56 Å². The Hall–Kier alpha value is -4.66. The number of methoxy groups -OCH3 is 1. The van der Waals surface area contributed by atoms with E-state index in [1.54, 1.807) is 54.6 Å². The van der Waals surface area contributed by atoms with Crippen LogP contribution in [0.4, 0.5) is 5.69 Å². The van der Waals surface area contributed by atoms with Crippen molar-refractivity contribution in [1.29, 1.82) is 0 Å². The third-order valence-electron chi connectivity index (χ3n) is 4.69. The molecule has 35 heavy (non-hydrogen) atoms. The minimum absolute atomic E-state index is 0.231. The molecular weight excluding hydrogens is 450 g/mol. The van der Waals surface area contributed by atoms with Crippen molar-refractivity contribution in [3.05, 3.63) is 83.4 Å². The highest BCUT2D eigenvalue weighted by atomic mass is 16.6. The molecule has 0 aromatic heterocycles. The van der Waals surface area contributed by atoms with Crippen LogP contribution in [0.3, 0.4) is 0 Å². The Bertz CT molecular complexity index is 1220. The van der Waals surface area contributed by atoms with Crippen molar-refractivity contribution in [2.24, 2.45) is 5.10 Å². The van der Waals surface area contributed by atoms with E-state index in [1.165, 1.54) is 13.3 Å². The second kappa shape index (κ2) is 12.0. The molecule has 3 aromatic rings. The molecule has 0 aliphatic rings. The van der Waals surface area contributed by atoms with Crippen molar-refractivity contribution in [3.63, 3.8) is 0 Å². The number of hydrazone groups is 1. The van der Waals surface area contributed by atoms with Crippen LogP contribution >= 0.6 is 0 Å². The highest BCUT2D eigenvalue weighted by molar-refractivity contribution is 6.39. The Morgan fingerprint density at radius 1 is 0.914 bits per heavy atom. The monoisotopic (exact) mass is 475 g/mol. The zero-order valence-electron chi connectivity index (χ0n) is 19.5. The van der Waals surface area contributed by atoms with Gasteiger partial charge in [0.15, 0.2) is 11.5 Å². The van der Waals surface area contributed by atoms with Gasteiger partial charge in [-0.2, -0.15) is 5.10 Å². The molecule has 0 atom stereocenters. The van der Waals surface area contributed by atoms with Crippen LogP contribution in [0.1, 0.15) is 28.4 Å². The van der Waals surface area contributed by atoms with Crippen LogP contribution in [0.5, 0.6) is 17.2 Å². The fourth-order valence-corrected chi connectivity index (χ4v) is 2.90. The van der Waals surface area contributed by atoms with Gasteiger partial charge in [0.2, 0.25) is 0 Å². The second-order valence-corrected chi connectivity index (χ2v) is 7.28. The van der Waals surface area contributed by atoms with Crippen molar-refractivity contribution in [2.75, 3.05) is 19.0 Å². The maximum atomic E-state index is 12.4. The van der Waals surface area contributed by atoms with Gasteiger partial charge < -0.3 is 19.5 Å². The van der Waals surface area contributed by atoms with Crippen molar-refractivity contribution < 1.29 is 28.6 Å². The van der Waals surface area contributed by atoms with Crippen LogP contribution in [-0.2, 0) is 9.59 Å². The van der Waals surface area contributed by atoms with Crippen molar-refractivity contribution in [3.8, 4) is 17.2 Å². The van der Waals surface area contributed by atoms with E-state index in [2.05, 4.69) is 15.8 Å². The molecule has 180 valence electrons. The van der Waals surface area contributed by atoms with Crippen molar-refractivity contribution in [2.45, 2.75) is 13.8 Å². The summed E-state index contributed by atoms with van der Waals surface area (Å²) < 4.78 is 16.1. The fraction of sp³-hybridized carbons (Fsp3) is 0.154. The maximum Gasteiger partial charge on any atom is 0.343 e. The topological polar surface area (TPSA) is 115 Å². The summed E-state index contributed by atoms with van der Waals surface area (Å²) in [4.78, 5) is 36.4. The van der Waals surface area contributed by atoms with Gasteiger partial charge in [-0.05, 0) is 74.0 Å². The largest absolute Gasteiger partial charge is 0.494 e. The number of nitrogens with one attached hydrogen (secondary N) is 2. The second-order valence-electron chi connectivity index (χ2n) is 7.28. The van der Waals surface area contributed by atoms with Crippen LogP contribution in [0, 0.1) is 6.92 Å². The number of carbonyl (C=O) groups excluding carboxylic acids is 3. The Kier molecular flexibility index (Phi) is 8.55. The van der Waals surface area contributed by atoms with Gasteiger partial charge in [0.05, 0.1) is 25.5 Å². The number of benzene rings is 3. The molecule has 0 fully saturated rings. The first-order chi connectivity index (χ1) is 16.9. The van der Waals surface area contributed by atoms with Gasteiger partial charge in [0.1, 0.15) is 5.75 Å². The highest BCUT2D eigenvalue weighted by Crippen LogP contribution is 2.28. The number of amides is 2. The molecule has 9 heteroatoms. The minimum Gasteiger partial charge on any atom is -0.494 e. The van der Waals surface area contributed by atoms with E-state index in [9.17, 15) is 14.4 Å². The predicted molar refractivity (Wildman–Crippen MR) is 131 cm³/mol. The molecule has 0 bridgehead atoms. The lowest BCUT2D eigenvalue weighted by atomic mass is 10.1. The number of hydrogen-bond donors (Lipinski definition) is 2. The first-order valence-electron chi connectivity index (χ1n) is 10.7. The van der Waals surface area contributed by atoms with Gasteiger partial charge in [0.25, 0.3) is 0 Å². The van der Waals surface area contributed by atoms with Crippen LogP contribution in [-0.4, -0.2) is 37.7 Å². The molecule has 0 saturated heterocycles. The lowest BCUT2D eigenvalue weighted by Crippen LogP contribution is -2.32. The number of rotatable bonds is 8. The highest BCUT2D eigenvalue weighted by Gasteiger charge is 2.14. The van der Waals surface area contributed by atoms with E-state index in [1.807, 2.05) is 26.0 Å². The normalized spacial score (nSPS) is 10.5. The zero-order chi connectivity index (χ0) is 25.2. The summed E-state index contributed by atoms with van der Waals surface area (Å²) >= 11 is 0. The summed E-state index contributed by atoms with van der Waals surface area (Å²) in [5, 5.41) is 6.27. The van der Waals surface area contributed by atoms with Gasteiger partial charge in [-0.25, -0.2) is 10.2 Å². The van der Waals surface area contributed by atoms with E-state index < -0.39 is 17.8 Å². The first kappa shape index (κ1) is 25.0. The number of anilines is 1. The smallest absolute Gasteiger partial charge is 0.343 e. The molecule has 2 amide bonds. The third kappa shape index (κ3) is 7.16. The molecule has 9 nitrogen and oxygen atoms in total. The number of ether oxygens (including phenoxy) is 3. The average Bonchev–Trinajstić information content (AvgIpc) is 2.86. The summed E-state index contributed by atoms with van der Waals surface area (Å²) in [6.45, 7) is 4.32. The van der Waals surface area contributed by atoms with E-state index >= 15 is 0 Å². The molecule has 0 aliphatic heterocycles. The molecule has 0 radical (unpaired) electrons. The van der Waals surface area contributed by atoms with Gasteiger partial charge >= 0.3 is 17.8 Å². The third-order valence-corrected chi connectivity index (χ3v) is 4.69. The molecular formula is C26H25N3O6. The Labute approximate surface area is 202 Å². The Morgan fingerprint density at radius 3 is 2.29 bits per heavy atom. The summed E-state index contributed by atoms with van der Waals surface area (Å²) in [7, 11) is 1.44. The van der Waals surface area contributed by atoms with Crippen LogP contribution in [0.2, 0.25) is 0 Å². The summed E-state index contributed by atoms with van der Waals surface area (Å²) in [6, 6.07) is 18.4. The number of carbonyl (C=O) groups is 3. The lowest BCUT2D eigenvalue weighted by molar-refractivity contribution is -0.136. The lowest BCUT2D eigenvalue weighted by Gasteiger charge is -2.10. The molecule has 0 saturated carbocycles. The SMILES string of the molecule is CCOc1ccc(NC(=O)C(=O)N/N=C\c2ccc(OC(=O)c3ccc(C)cc3)c(OC)c2)cc1. The fourth-order valence-electron chi connectivity index (χ4n) is 2.90. The minimum atomic E-state index is -0.939. The summed E-state index contributed by atoms with van der Waals surface area (Å²) in [5.41, 5.74) is 4.59. The quantitative estimate of drug-likeness (QED) is 0.169. The van der Waals surface area contributed by atoms with Crippen LogP contribution in [0.25, 0.3) is 0 Å². The number of esters is 1. The van der Waals surface area contributed by atoms with E-state index in [4.69, 9.17) is 14.2 Å². The molecule has 0 aliphatic carbocycles. The zero-order valence-corrected chi connectivity index (χ0v) is 19.5. The van der Waals surface area contributed by atoms with Gasteiger partial charge in [-0.15, -0.1) is 0 Å². The van der Waals surface area contributed by atoms with E-state index in [0.29, 0.717) is 34.9 Å². The molecule has 0 spiro atoms. The first-order valence-corrected chi connectivity index (χ1v) is 10.7. The van der Waals surface area contributed by atoms with Crippen LogP contribution < -0.4 is 25.0 Å². The van der Waals surface area contributed by atoms with Crippen molar-refractivity contribution >= 4 is 29.7 Å². The van der Waals surface area contributed by atoms with E-state index in [-0.39, 0.29) is 5.75 Å². The van der Waals surface area contributed by atoms with Gasteiger partial charge in [0, 0.05) is 5.69 Å². The Morgan fingerprint density at radius 2 is 1.63 bits per heavy atom. The molecule has 2 N–H and O–H groups in total. The standard InChI is InChI=1S/C26H25N3O6/c1-4-34-21-12-10-20(11-13-21)28-24(30)25(31)29-27-16-18-7-14-22(23(15-18)33-3)35-26(32)19-8-5-17(2)6-9-19/h5-16H,4H2,1-3H3,(H,28,30)(H,29,31)/b27-16-. The van der Waals surface area contributed by atoms with Crippen LogP contribution in [0.15, 0.2) is 71.8 Å². The number of nitrogens with zero attached hydrogens (tertiary/aromatic N) is 1. The molecule has 3 aromatic carbocycles. The summed E-state index contributed by atoms with van der Waals surface area (Å²) in [6.07, 6.45) is 1.33. The molecule has 0 unspecified atom stereocenters. The van der Waals surface area contributed by atoms with Crippen molar-refractivity contribution in [1.82, 2.24) is 5.43 Å². The Balaban J connectivity index is 1.57. The number of hydrogen-bond acceptors (Lipinski definition) is 7. The molecule has 3 rings (SSSR count). The van der Waals surface area contributed by atoms with Gasteiger partial charge in [-0.3, -0.25) is 9.59 Å². The number of aryl methyl sites for hydroxylation is 1.